The van der Waals surface area contributed by atoms with E-state index in [0.29, 0.717) is 13.2 Å². The second-order valence-corrected chi connectivity index (χ2v) is 6.23. The number of benzene rings is 1. The molecule has 0 aliphatic carbocycles. The number of aromatic nitrogens is 2. The number of carbonyl (C=O) groups is 1. The molecule has 0 saturated carbocycles. The Morgan fingerprint density at radius 3 is 2.67 bits per heavy atom. The molecule has 1 aromatic carbocycles. The van der Waals surface area contributed by atoms with Crippen molar-refractivity contribution in [3.8, 4) is 5.69 Å². The van der Waals surface area contributed by atoms with E-state index in [0.717, 1.165) is 36.3 Å². The summed E-state index contributed by atoms with van der Waals surface area (Å²) < 4.78 is 7.19. The summed E-state index contributed by atoms with van der Waals surface area (Å²) in [5.74, 6) is 0. The third kappa shape index (κ3) is 3.59. The van der Waals surface area contributed by atoms with Gasteiger partial charge in [-0.1, -0.05) is 25.1 Å². The van der Waals surface area contributed by atoms with Crippen molar-refractivity contribution in [2.24, 2.45) is 0 Å². The fourth-order valence-electron chi connectivity index (χ4n) is 3.02. The smallest absolute Gasteiger partial charge is 0.319 e. The van der Waals surface area contributed by atoms with Crippen LogP contribution in [0.25, 0.3) is 5.69 Å². The Balaban J connectivity index is 1.69. The second kappa shape index (κ2) is 7.05. The monoisotopic (exact) mass is 328 g/mol. The largest absolute Gasteiger partial charge is 0.381 e. The maximum atomic E-state index is 12.4. The van der Waals surface area contributed by atoms with Crippen LogP contribution in [-0.4, -0.2) is 34.6 Å². The van der Waals surface area contributed by atoms with E-state index in [1.165, 1.54) is 0 Å². The SMILES string of the molecule is CCC1(NC(=O)Nc2cn(-c3ccccc3)nc2C)CCOCC1. The minimum Gasteiger partial charge on any atom is -0.381 e. The Hall–Kier alpha value is -2.34. The predicted octanol–water partition coefficient (Wildman–Crippen LogP) is 3.26. The Morgan fingerprint density at radius 1 is 1.29 bits per heavy atom. The van der Waals surface area contributed by atoms with Gasteiger partial charge in [0.15, 0.2) is 0 Å². The highest BCUT2D eigenvalue weighted by Crippen LogP contribution is 2.24. The zero-order valence-corrected chi connectivity index (χ0v) is 14.2. The van der Waals surface area contributed by atoms with Crippen molar-refractivity contribution in [1.29, 1.82) is 0 Å². The molecule has 1 fully saturated rings. The highest BCUT2D eigenvalue weighted by molar-refractivity contribution is 5.90. The summed E-state index contributed by atoms with van der Waals surface area (Å²) in [6, 6.07) is 9.65. The van der Waals surface area contributed by atoms with Crippen molar-refractivity contribution in [2.75, 3.05) is 18.5 Å². The van der Waals surface area contributed by atoms with Crippen molar-refractivity contribution >= 4 is 11.7 Å². The lowest BCUT2D eigenvalue weighted by atomic mass is 9.87. The Bertz CT molecular complexity index is 690. The van der Waals surface area contributed by atoms with Crippen LogP contribution in [-0.2, 0) is 4.74 Å². The van der Waals surface area contributed by atoms with Gasteiger partial charge >= 0.3 is 6.03 Å². The molecule has 128 valence electrons. The molecule has 0 bridgehead atoms. The zero-order chi connectivity index (χ0) is 17.0. The normalized spacial score (nSPS) is 16.6. The van der Waals surface area contributed by atoms with E-state index >= 15 is 0 Å². The summed E-state index contributed by atoms with van der Waals surface area (Å²) in [7, 11) is 0. The summed E-state index contributed by atoms with van der Waals surface area (Å²) >= 11 is 0. The van der Waals surface area contributed by atoms with E-state index < -0.39 is 0 Å². The molecule has 0 spiro atoms. The highest BCUT2D eigenvalue weighted by Gasteiger charge is 2.32. The molecule has 0 radical (unpaired) electrons. The van der Waals surface area contributed by atoms with Crippen LogP contribution >= 0.6 is 0 Å². The molecule has 1 aliphatic heterocycles. The van der Waals surface area contributed by atoms with Crippen LogP contribution < -0.4 is 10.6 Å². The van der Waals surface area contributed by atoms with Crippen molar-refractivity contribution in [3.63, 3.8) is 0 Å². The average molecular weight is 328 g/mol. The van der Waals surface area contributed by atoms with Gasteiger partial charge in [-0.15, -0.1) is 0 Å². The number of para-hydroxylation sites is 1. The van der Waals surface area contributed by atoms with Gasteiger partial charge in [0.25, 0.3) is 0 Å². The summed E-state index contributed by atoms with van der Waals surface area (Å²) in [6.07, 6.45) is 4.43. The quantitative estimate of drug-likeness (QED) is 0.905. The van der Waals surface area contributed by atoms with Crippen LogP contribution in [0.2, 0.25) is 0 Å². The fourth-order valence-corrected chi connectivity index (χ4v) is 3.02. The molecule has 1 saturated heterocycles. The number of hydrogen-bond acceptors (Lipinski definition) is 3. The number of hydrogen-bond donors (Lipinski definition) is 2. The number of urea groups is 1. The Labute approximate surface area is 142 Å². The van der Waals surface area contributed by atoms with E-state index in [1.807, 2.05) is 43.5 Å². The lowest BCUT2D eigenvalue weighted by molar-refractivity contribution is 0.0416. The van der Waals surface area contributed by atoms with Crippen molar-refractivity contribution in [2.45, 2.75) is 38.6 Å². The number of amides is 2. The molecular weight excluding hydrogens is 304 g/mol. The van der Waals surface area contributed by atoms with Gasteiger partial charge in [-0.2, -0.15) is 5.10 Å². The van der Waals surface area contributed by atoms with Crippen LogP contribution in [0.1, 0.15) is 31.9 Å². The van der Waals surface area contributed by atoms with Crippen molar-refractivity contribution in [1.82, 2.24) is 15.1 Å². The molecule has 24 heavy (non-hydrogen) atoms. The van der Waals surface area contributed by atoms with E-state index in [4.69, 9.17) is 4.74 Å². The predicted molar refractivity (Wildman–Crippen MR) is 93.5 cm³/mol. The van der Waals surface area contributed by atoms with Gasteiger partial charge in [0, 0.05) is 18.8 Å². The number of carbonyl (C=O) groups excluding carboxylic acids is 1. The van der Waals surface area contributed by atoms with E-state index in [-0.39, 0.29) is 11.6 Å². The number of ether oxygens (including phenoxy) is 1. The van der Waals surface area contributed by atoms with Gasteiger partial charge in [0.05, 0.1) is 23.3 Å². The number of nitrogens with one attached hydrogen (secondary N) is 2. The van der Waals surface area contributed by atoms with Gasteiger partial charge in [0.1, 0.15) is 0 Å². The summed E-state index contributed by atoms with van der Waals surface area (Å²) in [5.41, 5.74) is 2.29. The van der Waals surface area contributed by atoms with Gasteiger partial charge in [-0.05, 0) is 38.3 Å². The minimum absolute atomic E-state index is 0.175. The van der Waals surface area contributed by atoms with E-state index in [9.17, 15) is 4.79 Å². The fraction of sp³-hybridized carbons (Fsp3) is 0.444. The number of anilines is 1. The lowest BCUT2D eigenvalue weighted by Gasteiger charge is -2.37. The van der Waals surface area contributed by atoms with Crippen LogP contribution in [0.5, 0.6) is 0 Å². The van der Waals surface area contributed by atoms with E-state index in [2.05, 4.69) is 22.7 Å². The molecule has 0 unspecified atom stereocenters. The number of nitrogens with zero attached hydrogens (tertiary/aromatic N) is 2. The molecule has 0 atom stereocenters. The zero-order valence-electron chi connectivity index (χ0n) is 14.2. The summed E-state index contributed by atoms with van der Waals surface area (Å²) in [6.45, 7) is 5.38. The number of rotatable bonds is 4. The van der Waals surface area contributed by atoms with Gasteiger partial charge in [-0.25, -0.2) is 9.48 Å². The summed E-state index contributed by atoms with van der Waals surface area (Å²) in [5, 5.41) is 10.5. The van der Waals surface area contributed by atoms with Crippen molar-refractivity contribution < 1.29 is 9.53 Å². The van der Waals surface area contributed by atoms with Gasteiger partial charge in [0.2, 0.25) is 0 Å². The molecule has 2 N–H and O–H groups in total. The lowest BCUT2D eigenvalue weighted by Crippen LogP contribution is -2.52. The third-order valence-corrected chi connectivity index (χ3v) is 4.67. The van der Waals surface area contributed by atoms with Gasteiger partial charge < -0.3 is 15.4 Å². The maximum absolute atomic E-state index is 12.4. The average Bonchev–Trinajstić information content (AvgIpc) is 2.97. The van der Waals surface area contributed by atoms with Crippen LogP contribution in [0, 0.1) is 6.92 Å². The van der Waals surface area contributed by atoms with Gasteiger partial charge in [-0.3, -0.25) is 0 Å². The molecule has 2 amide bonds. The van der Waals surface area contributed by atoms with Crippen LogP contribution in [0.3, 0.4) is 0 Å². The van der Waals surface area contributed by atoms with Crippen LogP contribution in [0.4, 0.5) is 10.5 Å². The highest BCUT2D eigenvalue weighted by atomic mass is 16.5. The maximum Gasteiger partial charge on any atom is 0.319 e. The molecule has 1 aliphatic rings. The van der Waals surface area contributed by atoms with Crippen molar-refractivity contribution in [3.05, 3.63) is 42.2 Å². The molecule has 2 aromatic rings. The first-order valence-corrected chi connectivity index (χ1v) is 8.40. The Kier molecular flexibility index (Phi) is 4.85. The number of aryl methyl sites for hydroxylation is 1. The Morgan fingerprint density at radius 2 is 2.00 bits per heavy atom. The third-order valence-electron chi connectivity index (χ3n) is 4.67. The molecule has 6 heteroatoms. The molecular formula is C18H24N4O2. The molecule has 3 rings (SSSR count). The molecule has 2 heterocycles. The first-order valence-electron chi connectivity index (χ1n) is 8.40. The standard InChI is InChI=1S/C18H24N4O2/c1-3-18(9-11-24-12-10-18)20-17(23)19-16-13-22(21-14(16)2)15-7-5-4-6-8-15/h4-8,13H,3,9-12H2,1-2H3,(H2,19,20,23). The topological polar surface area (TPSA) is 68.2 Å². The van der Waals surface area contributed by atoms with E-state index in [1.54, 1.807) is 4.68 Å². The first-order chi connectivity index (χ1) is 11.6. The summed E-state index contributed by atoms with van der Waals surface area (Å²) in [4.78, 5) is 12.4. The first kappa shape index (κ1) is 16.5. The molecule has 1 aromatic heterocycles. The minimum atomic E-state index is -0.186. The second-order valence-electron chi connectivity index (χ2n) is 6.23. The molecule has 6 nitrogen and oxygen atoms in total. The van der Waals surface area contributed by atoms with Crippen LogP contribution in [0.15, 0.2) is 36.5 Å².